The molecule has 1 aliphatic heterocycles. The van der Waals surface area contributed by atoms with E-state index in [4.69, 9.17) is 0 Å². The number of rotatable bonds is 2. The predicted molar refractivity (Wildman–Crippen MR) is 44.5 cm³/mol. The van der Waals surface area contributed by atoms with Crippen LogP contribution in [0.1, 0.15) is 26.7 Å². The fraction of sp³-hybridized carbons (Fsp3) is 0.750. The molecule has 1 aliphatic rings. The molecule has 0 aliphatic carbocycles. The molecule has 0 aromatic carbocycles. The van der Waals surface area contributed by atoms with E-state index in [1.54, 1.807) is 0 Å². The van der Waals surface area contributed by atoms with Crippen molar-refractivity contribution in [3.63, 3.8) is 0 Å². The topological polar surface area (TPSA) is 58.2 Å². The zero-order valence-electron chi connectivity index (χ0n) is 7.39. The molecule has 0 bridgehead atoms. The van der Waals surface area contributed by atoms with E-state index in [1.165, 1.54) is 0 Å². The zero-order valence-corrected chi connectivity index (χ0v) is 7.39. The lowest BCUT2D eigenvalue weighted by Gasteiger charge is -2.24. The third-order valence-corrected chi connectivity index (χ3v) is 1.78. The van der Waals surface area contributed by atoms with Gasteiger partial charge in [0.05, 0.1) is 0 Å². The van der Waals surface area contributed by atoms with Crippen molar-refractivity contribution in [1.82, 2.24) is 10.6 Å². The van der Waals surface area contributed by atoms with Gasteiger partial charge in [-0.2, -0.15) is 0 Å². The highest BCUT2D eigenvalue weighted by Gasteiger charge is 2.23. The number of nitrogens with one attached hydrogen (secondary N) is 2. The minimum absolute atomic E-state index is 0.0197. The van der Waals surface area contributed by atoms with Gasteiger partial charge in [-0.05, 0) is 12.3 Å². The van der Waals surface area contributed by atoms with Crippen LogP contribution in [-0.4, -0.2) is 18.0 Å². The van der Waals surface area contributed by atoms with Gasteiger partial charge in [-0.25, -0.2) is 4.79 Å². The van der Waals surface area contributed by atoms with Crippen molar-refractivity contribution >= 4 is 11.9 Å². The van der Waals surface area contributed by atoms with Gasteiger partial charge >= 0.3 is 6.03 Å². The van der Waals surface area contributed by atoms with Crippen LogP contribution in [0.5, 0.6) is 0 Å². The second-order valence-corrected chi connectivity index (χ2v) is 3.55. The molecule has 0 aromatic rings. The molecule has 4 heteroatoms. The summed E-state index contributed by atoms with van der Waals surface area (Å²) in [5, 5.41) is 4.90. The Morgan fingerprint density at radius 3 is 2.67 bits per heavy atom. The van der Waals surface area contributed by atoms with Gasteiger partial charge in [-0.1, -0.05) is 13.8 Å². The van der Waals surface area contributed by atoms with E-state index >= 15 is 0 Å². The van der Waals surface area contributed by atoms with Crippen LogP contribution >= 0.6 is 0 Å². The first-order valence-corrected chi connectivity index (χ1v) is 4.18. The lowest BCUT2D eigenvalue weighted by Crippen LogP contribution is -2.52. The normalized spacial score (nSPS) is 23.8. The zero-order chi connectivity index (χ0) is 9.14. The van der Waals surface area contributed by atoms with Crippen LogP contribution in [0.2, 0.25) is 0 Å². The number of amides is 3. The molecule has 0 aromatic heterocycles. The van der Waals surface area contributed by atoms with Crippen molar-refractivity contribution in [2.75, 3.05) is 0 Å². The smallest absolute Gasteiger partial charge is 0.321 e. The summed E-state index contributed by atoms with van der Waals surface area (Å²) in [5.74, 6) is 0.325. The van der Waals surface area contributed by atoms with Gasteiger partial charge < -0.3 is 5.32 Å². The molecular weight excluding hydrogens is 156 g/mol. The second kappa shape index (κ2) is 3.56. The van der Waals surface area contributed by atoms with Crippen molar-refractivity contribution in [1.29, 1.82) is 0 Å². The highest BCUT2D eigenvalue weighted by atomic mass is 16.2. The van der Waals surface area contributed by atoms with Gasteiger partial charge in [0.1, 0.15) is 0 Å². The Morgan fingerprint density at radius 2 is 2.17 bits per heavy atom. The van der Waals surface area contributed by atoms with Crippen molar-refractivity contribution < 1.29 is 9.59 Å². The van der Waals surface area contributed by atoms with E-state index in [2.05, 4.69) is 24.5 Å². The van der Waals surface area contributed by atoms with Gasteiger partial charge in [0, 0.05) is 12.5 Å². The van der Waals surface area contributed by atoms with E-state index in [0.717, 1.165) is 6.42 Å². The van der Waals surface area contributed by atoms with Crippen LogP contribution in [0, 0.1) is 5.92 Å². The Balaban J connectivity index is 2.44. The fourth-order valence-corrected chi connectivity index (χ4v) is 1.39. The highest BCUT2D eigenvalue weighted by Crippen LogP contribution is 2.09. The Hall–Kier alpha value is -1.06. The summed E-state index contributed by atoms with van der Waals surface area (Å²) in [7, 11) is 0. The van der Waals surface area contributed by atoms with Gasteiger partial charge in [0.2, 0.25) is 5.91 Å². The summed E-state index contributed by atoms with van der Waals surface area (Å²) < 4.78 is 0. The van der Waals surface area contributed by atoms with Crippen LogP contribution in [-0.2, 0) is 4.79 Å². The highest BCUT2D eigenvalue weighted by molar-refractivity contribution is 5.97. The van der Waals surface area contributed by atoms with E-state index in [-0.39, 0.29) is 18.0 Å². The quantitative estimate of drug-likeness (QED) is 0.638. The van der Waals surface area contributed by atoms with Crippen LogP contribution in [0.15, 0.2) is 0 Å². The Morgan fingerprint density at radius 1 is 1.50 bits per heavy atom. The van der Waals surface area contributed by atoms with Crippen LogP contribution in [0.3, 0.4) is 0 Å². The molecule has 12 heavy (non-hydrogen) atoms. The van der Waals surface area contributed by atoms with Crippen molar-refractivity contribution in [3.05, 3.63) is 0 Å². The van der Waals surface area contributed by atoms with Gasteiger partial charge in [-0.3, -0.25) is 10.1 Å². The minimum Gasteiger partial charge on any atom is -0.335 e. The molecule has 1 heterocycles. The number of hydrogen-bond donors (Lipinski definition) is 2. The second-order valence-electron chi connectivity index (χ2n) is 3.55. The average molecular weight is 170 g/mol. The summed E-state index contributed by atoms with van der Waals surface area (Å²) in [5.41, 5.74) is 0. The van der Waals surface area contributed by atoms with E-state index in [1.807, 2.05) is 0 Å². The van der Waals surface area contributed by atoms with Crippen molar-refractivity contribution in [3.8, 4) is 0 Å². The molecule has 0 spiro atoms. The van der Waals surface area contributed by atoms with Crippen LogP contribution in [0.4, 0.5) is 4.79 Å². The van der Waals surface area contributed by atoms with Crippen molar-refractivity contribution in [2.45, 2.75) is 32.7 Å². The summed E-state index contributed by atoms with van der Waals surface area (Å²) in [6.45, 7) is 4.14. The van der Waals surface area contributed by atoms with Crippen LogP contribution < -0.4 is 10.6 Å². The number of urea groups is 1. The predicted octanol–water partition coefficient (Wildman–Crippen LogP) is 0.631. The molecule has 1 atom stereocenters. The molecule has 0 radical (unpaired) electrons. The maximum atomic E-state index is 10.9. The number of carbonyl (C=O) groups excluding carboxylic acids is 2. The largest absolute Gasteiger partial charge is 0.335 e. The van der Waals surface area contributed by atoms with E-state index < -0.39 is 0 Å². The maximum absolute atomic E-state index is 10.9. The molecule has 0 saturated carbocycles. The average Bonchev–Trinajstić information content (AvgIpc) is 1.81. The number of imide groups is 1. The summed E-state index contributed by atoms with van der Waals surface area (Å²) in [4.78, 5) is 21.7. The molecular formula is C8H14N2O2. The fourth-order valence-electron chi connectivity index (χ4n) is 1.39. The summed E-state index contributed by atoms with van der Waals surface area (Å²) >= 11 is 0. The summed E-state index contributed by atoms with van der Waals surface area (Å²) in [6.07, 6.45) is 1.27. The minimum atomic E-state index is -0.364. The molecule has 0 unspecified atom stereocenters. The summed E-state index contributed by atoms with van der Waals surface area (Å²) in [6, 6.07) is -0.344. The molecule has 1 saturated heterocycles. The first-order valence-electron chi connectivity index (χ1n) is 4.18. The van der Waals surface area contributed by atoms with Gasteiger partial charge in [-0.15, -0.1) is 0 Å². The van der Waals surface area contributed by atoms with Crippen LogP contribution in [0.25, 0.3) is 0 Å². The lowest BCUT2D eigenvalue weighted by molar-refractivity contribution is -0.121. The van der Waals surface area contributed by atoms with E-state index in [0.29, 0.717) is 12.3 Å². The Labute approximate surface area is 71.7 Å². The molecule has 2 N–H and O–H groups in total. The Kier molecular flexibility index (Phi) is 2.68. The molecule has 4 nitrogen and oxygen atoms in total. The molecule has 3 amide bonds. The maximum Gasteiger partial charge on any atom is 0.321 e. The standard InChI is InChI=1S/C8H14N2O2/c1-5(2)3-6-4-7(11)10-8(12)9-6/h5-6H,3-4H2,1-2H3,(H2,9,10,11,12)/t6-/m1/s1. The van der Waals surface area contributed by atoms with Crippen molar-refractivity contribution in [2.24, 2.45) is 5.92 Å². The SMILES string of the molecule is CC(C)C[C@@H]1CC(=O)NC(=O)N1. The van der Waals surface area contributed by atoms with Gasteiger partial charge in [0.25, 0.3) is 0 Å². The van der Waals surface area contributed by atoms with E-state index in [9.17, 15) is 9.59 Å². The molecule has 1 fully saturated rings. The number of hydrogen-bond acceptors (Lipinski definition) is 2. The third kappa shape index (κ3) is 2.53. The molecule has 68 valence electrons. The first-order chi connectivity index (χ1) is 5.58. The Bertz CT molecular complexity index is 185. The first kappa shape index (κ1) is 9.03. The molecule has 1 rings (SSSR count). The van der Waals surface area contributed by atoms with Gasteiger partial charge in [0.15, 0.2) is 0 Å². The number of carbonyl (C=O) groups is 2. The monoisotopic (exact) mass is 170 g/mol. The lowest BCUT2D eigenvalue weighted by atomic mass is 10.00. The third-order valence-electron chi connectivity index (χ3n) is 1.78.